The Balaban J connectivity index is 0.00000170. The number of unbranched alkanes of at least 4 members (excludes halogenated alkanes) is 12. The summed E-state index contributed by atoms with van der Waals surface area (Å²) in [6.07, 6.45) is 50.2. The molecule has 2 atom stereocenters. The zero-order valence-electron chi connectivity index (χ0n) is 45.9. The molecule has 0 N–H and O–H groups in total. The third-order valence-corrected chi connectivity index (χ3v) is 14.7. The van der Waals surface area contributed by atoms with E-state index in [2.05, 4.69) is 113 Å². The molecule has 1 aromatic carbocycles. The first-order chi connectivity index (χ1) is 30.6. The Morgan fingerprint density at radius 2 is 1.27 bits per heavy atom. The molecule has 0 amide bonds. The molecule has 0 bridgehead atoms. The number of hydrogen-bond donors (Lipinski definition) is 0. The quantitative estimate of drug-likeness (QED) is 0.0515. The Morgan fingerprint density at radius 1 is 0.667 bits per heavy atom. The lowest BCUT2D eigenvalue weighted by atomic mass is 9.68. The van der Waals surface area contributed by atoms with Crippen molar-refractivity contribution in [2.45, 2.75) is 296 Å². The van der Waals surface area contributed by atoms with E-state index in [1.807, 2.05) is 27.7 Å². The van der Waals surface area contributed by atoms with Gasteiger partial charge in [0, 0.05) is 0 Å². The van der Waals surface area contributed by atoms with Gasteiger partial charge in [0.1, 0.15) is 0 Å². The first kappa shape index (κ1) is 61.2. The molecule has 0 heterocycles. The Kier molecular flexibility index (Phi) is 39.3. The van der Waals surface area contributed by atoms with E-state index in [9.17, 15) is 0 Å². The third-order valence-electron chi connectivity index (χ3n) is 14.7. The van der Waals surface area contributed by atoms with Crippen LogP contribution in [0.2, 0.25) is 0 Å². The Morgan fingerprint density at radius 3 is 1.79 bits per heavy atom. The van der Waals surface area contributed by atoms with Crippen molar-refractivity contribution in [3.63, 3.8) is 0 Å². The van der Waals surface area contributed by atoms with E-state index in [0.717, 1.165) is 42.4 Å². The summed E-state index contributed by atoms with van der Waals surface area (Å²) >= 11 is 0. The molecular weight excluding hydrogens is 757 g/mol. The molecule has 2 aliphatic rings. The van der Waals surface area contributed by atoms with Crippen LogP contribution in [0.5, 0.6) is 0 Å². The van der Waals surface area contributed by atoms with E-state index in [0.29, 0.717) is 0 Å². The monoisotopic (exact) mass is 871 g/mol. The van der Waals surface area contributed by atoms with Gasteiger partial charge in [0.15, 0.2) is 0 Å². The summed E-state index contributed by atoms with van der Waals surface area (Å²) in [4.78, 5) is 0. The van der Waals surface area contributed by atoms with Gasteiger partial charge in [-0.05, 0) is 134 Å². The summed E-state index contributed by atoms with van der Waals surface area (Å²) in [5, 5.41) is 0. The van der Waals surface area contributed by atoms with Crippen LogP contribution in [0.25, 0.3) is 5.57 Å². The lowest BCUT2D eigenvalue weighted by Crippen LogP contribution is -2.23. The van der Waals surface area contributed by atoms with Crippen molar-refractivity contribution in [2.75, 3.05) is 0 Å². The summed E-state index contributed by atoms with van der Waals surface area (Å²) in [5.41, 5.74) is 12.0. The number of aryl methyl sites for hydroxylation is 2. The van der Waals surface area contributed by atoms with Crippen LogP contribution >= 0.6 is 0 Å². The first-order valence-electron chi connectivity index (χ1n) is 28.6. The van der Waals surface area contributed by atoms with Gasteiger partial charge in [-0.15, -0.1) is 0 Å². The fourth-order valence-corrected chi connectivity index (χ4v) is 9.88. The third kappa shape index (κ3) is 26.2. The highest BCUT2D eigenvalue weighted by Gasteiger charge is 2.31. The molecule has 0 nitrogen and oxygen atoms in total. The van der Waals surface area contributed by atoms with Gasteiger partial charge in [-0.25, -0.2) is 0 Å². The molecule has 0 radical (unpaired) electrons. The molecule has 2 fully saturated rings. The second kappa shape index (κ2) is 40.5. The van der Waals surface area contributed by atoms with Gasteiger partial charge in [0.25, 0.3) is 0 Å². The fourth-order valence-electron chi connectivity index (χ4n) is 9.88. The topological polar surface area (TPSA) is 0 Å². The van der Waals surface area contributed by atoms with Crippen LogP contribution in [-0.2, 0) is 6.42 Å². The van der Waals surface area contributed by atoms with Gasteiger partial charge in [0.05, 0.1) is 0 Å². The minimum atomic E-state index is 0.788. The second-order valence-electron chi connectivity index (χ2n) is 19.8. The van der Waals surface area contributed by atoms with Gasteiger partial charge in [-0.2, -0.15) is 0 Å². The van der Waals surface area contributed by atoms with Gasteiger partial charge in [0.2, 0.25) is 0 Å². The highest BCUT2D eigenvalue weighted by molar-refractivity contribution is 5.71. The van der Waals surface area contributed by atoms with Crippen molar-refractivity contribution >= 4 is 5.57 Å². The molecule has 2 unspecified atom stereocenters. The van der Waals surface area contributed by atoms with E-state index in [1.165, 1.54) is 201 Å². The molecule has 2 aliphatic carbocycles. The maximum absolute atomic E-state index is 2.57. The number of allylic oxidation sites excluding steroid dienone is 8. The average molecular weight is 872 g/mol. The van der Waals surface area contributed by atoms with Gasteiger partial charge < -0.3 is 0 Å². The summed E-state index contributed by atoms with van der Waals surface area (Å²) in [5.74, 6) is 4.55. The van der Waals surface area contributed by atoms with E-state index in [-0.39, 0.29) is 0 Å². The molecule has 0 aromatic heterocycles. The Bertz CT molecular complexity index is 1340. The molecule has 366 valence electrons. The van der Waals surface area contributed by atoms with E-state index in [1.54, 1.807) is 16.7 Å². The van der Waals surface area contributed by atoms with Crippen molar-refractivity contribution in [1.82, 2.24) is 0 Å². The molecule has 0 aliphatic heterocycles. The van der Waals surface area contributed by atoms with Crippen LogP contribution in [-0.4, -0.2) is 0 Å². The molecule has 1 aromatic rings. The summed E-state index contributed by atoms with van der Waals surface area (Å²) in [7, 11) is 0. The largest absolute Gasteiger partial charge is 0.0770 e. The number of rotatable bonds is 31. The minimum Gasteiger partial charge on any atom is -0.0770 e. The molecule has 0 heteroatoms. The van der Waals surface area contributed by atoms with E-state index >= 15 is 0 Å². The SMILES string of the molecule is CC.CC.CCC/C=C(/C=C(/C)c1cc(CC)c(C2CC(CCCCCCCCCCCC)C2)cc1C)C(\C)=C\C=C(\CC)C1CCC1.CCCCCC(CCC)CCC(C)CC. The molecule has 0 spiro atoms. The number of hydrogen-bond acceptors (Lipinski definition) is 0. The molecule has 3 rings (SSSR count). The van der Waals surface area contributed by atoms with Gasteiger partial charge in [-0.1, -0.05) is 266 Å². The maximum atomic E-state index is 2.57. The predicted molar refractivity (Wildman–Crippen MR) is 293 cm³/mol. The van der Waals surface area contributed by atoms with Crippen LogP contribution in [0.15, 0.2) is 53.2 Å². The number of benzene rings is 1. The van der Waals surface area contributed by atoms with Crippen LogP contribution in [0.1, 0.15) is 305 Å². The lowest BCUT2D eigenvalue weighted by Gasteiger charge is -2.37. The summed E-state index contributed by atoms with van der Waals surface area (Å²) < 4.78 is 0. The Hall–Kier alpha value is -1.82. The van der Waals surface area contributed by atoms with Crippen molar-refractivity contribution in [3.05, 3.63) is 75.4 Å². The maximum Gasteiger partial charge on any atom is -0.0154 e. The highest BCUT2D eigenvalue weighted by atomic mass is 14.4. The van der Waals surface area contributed by atoms with Crippen molar-refractivity contribution in [3.8, 4) is 0 Å². The highest BCUT2D eigenvalue weighted by Crippen LogP contribution is 2.46. The van der Waals surface area contributed by atoms with Gasteiger partial charge in [-0.3, -0.25) is 0 Å². The zero-order chi connectivity index (χ0) is 47.3. The normalized spacial score (nSPS) is 17.9. The summed E-state index contributed by atoms with van der Waals surface area (Å²) in [6.45, 7) is 33.6. The van der Waals surface area contributed by atoms with Crippen LogP contribution < -0.4 is 0 Å². The van der Waals surface area contributed by atoms with Crippen molar-refractivity contribution in [2.24, 2.45) is 23.7 Å². The fraction of sp³-hybridized carbons (Fsp3) is 0.778. The van der Waals surface area contributed by atoms with E-state index in [4.69, 9.17) is 0 Å². The van der Waals surface area contributed by atoms with Crippen LogP contribution in [0.3, 0.4) is 0 Å². The molecular formula is C63H114. The van der Waals surface area contributed by atoms with Crippen LogP contribution in [0.4, 0.5) is 0 Å². The second-order valence-corrected chi connectivity index (χ2v) is 19.8. The standard InChI is InChI=1S/C44H70.C15H32.2C2H6/c1-8-12-14-15-16-17-18-19-20-21-23-37-31-42(32-37)44-30-36(7)43(33-39(44)11-4)35(6)29-41(24-13-9-2)34(5)27-28-38(10-3)40-25-22-26-40;1-5-8-9-11-15(10-6-2)13-12-14(4)7-3;2*1-2/h24,27-30,33,37,40,42H,8-23,25-26,31-32H2,1-7H3;14-15H,5-13H2,1-4H3;2*1-2H3/b34-27+,35-29-,38-28-,41-24-;;;. The smallest absolute Gasteiger partial charge is 0.0154 e. The van der Waals surface area contributed by atoms with E-state index < -0.39 is 0 Å². The zero-order valence-corrected chi connectivity index (χ0v) is 45.9. The molecule has 63 heavy (non-hydrogen) atoms. The van der Waals surface area contributed by atoms with Crippen molar-refractivity contribution < 1.29 is 0 Å². The van der Waals surface area contributed by atoms with Gasteiger partial charge >= 0.3 is 0 Å². The van der Waals surface area contributed by atoms with Crippen LogP contribution in [0, 0.1) is 30.6 Å². The predicted octanol–water partition coefficient (Wildman–Crippen LogP) is 22.4. The van der Waals surface area contributed by atoms with Crippen molar-refractivity contribution in [1.29, 1.82) is 0 Å². The molecule has 0 saturated heterocycles. The lowest BCUT2D eigenvalue weighted by molar-refractivity contribution is 0.240. The Labute approximate surface area is 398 Å². The minimum absolute atomic E-state index is 0.788. The first-order valence-corrected chi connectivity index (χ1v) is 28.6. The summed E-state index contributed by atoms with van der Waals surface area (Å²) in [6, 6.07) is 5.12. The average Bonchev–Trinajstić information content (AvgIpc) is 3.27. The molecule has 2 saturated carbocycles.